The van der Waals surface area contributed by atoms with Gasteiger partial charge >= 0.3 is 0 Å². The average molecular weight is 390 g/mol. The molecule has 2 aliphatic rings. The Morgan fingerprint density at radius 3 is 2.52 bits per heavy atom. The zero-order valence-electron chi connectivity index (χ0n) is 17.1. The number of benzene rings is 1. The Bertz CT molecular complexity index is 916. The first-order chi connectivity index (χ1) is 14.0. The second-order valence-corrected chi connectivity index (χ2v) is 8.70. The zero-order valence-corrected chi connectivity index (χ0v) is 17.1. The molecule has 2 fully saturated rings. The van der Waals surface area contributed by atoms with Crippen molar-refractivity contribution in [1.82, 2.24) is 15.1 Å². The highest BCUT2D eigenvalue weighted by atomic mass is 16.2. The first-order valence-corrected chi connectivity index (χ1v) is 10.3. The molecule has 3 heterocycles. The van der Waals surface area contributed by atoms with E-state index < -0.39 is 0 Å². The van der Waals surface area contributed by atoms with Crippen LogP contribution in [0, 0.1) is 16.7 Å². The number of aromatic nitrogens is 2. The number of hydrogen-bond acceptors (Lipinski definition) is 5. The summed E-state index contributed by atoms with van der Waals surface area (Å²) in [5, 5.41) is 17.0. The van der Waals surface area contributed by atoms with Crippen LogP contribution in [0.3, 0.4) is 0 Å². The standard InChI is InChI=1S/C23H27N5O/c1-17(2)19-5-3-18(4-6-19)13-22(29)28-12-10-23(16-28)9-11-27(15-23)21-8-7-20(14-24)25-26-21/h3-8,17H,9-13,15-16H2,1-2H3. The average Bonchev–Trinajstić information content (AvgIpc) is 3.35. The summed E-state index contributed by atoms with van der Waals surface area (Å²) in [7, 11) is 0. The number of hydrogen-bond donors (Lipinski definition) is 0. The van der Waals surface area contributed by atoms with Gasteiger partial charge in [0, 0.05) is 31.6 Å². The third kappa shape index (κ3) is 4.09. The maximum absolute atomic E-state index is 12.9. The number of carbonyl (C=O) groups is 1. The number of rotatable bonds is 4. The minimum atomic E-state index is 0.146. The zero-order chi connectivity index (χ0) is 20.4. The molecule has 1 aromatic heterocycles. The van der Waals surface area contributed by atoms with E-state index in [9.17, 15) is 4.79 Å². The molecule has 1 atom stereocenters. The molecule has 1 spiro atoms. The second-order valence-electron chi connectivity index (χ2n) is 8.70. The van der Waals surface area contributed by atoms with Gasteiger partial charge in [0.2, 0.25) is 5.91 Å². The number of nitriles is 1. The Morgan fingerprint density at radius 1 is 1.10 bits per heavy atom. The van der Waals surface area contributed by atoms with Crippen molar-refractivity contribution in [2.75, 3.05) is 31.1 Å². The summed E-state index contributed by atoms with van der Waals surface area (Å²) in [5.74, 6) is 1.54. The van der Waals surface area contributed by atoms with Crippen molar-refractivity contribution in [3.05, 3.63) is 53.2 Å². The SMILES string of the molecule is CC(C)c1ccc(CC(=O)N2CCC3(CCN(c4ccc(C#N)nn4)C3)C2)cc1. The van der Waals surface area contributed by atoms with Crippen LogP contribution in [0.1, 0.15) is 49.4 Å². The summed E-state index contributed by atoms with van der Waals surface area (Å²) >= 11 is 0. The Balaban J connectivity index is 1.35. The van der Waals surface area contributed by atoms with Crippen LogP contribution in [0.5, 0.6) is 0 Å². The summed E-state index contributed by atoms with van der Waals surface area (Å²) in [6.45, 7) is 7.81. The van der Waals surface area contributed by atoms with E-state index in [1.807, 2.05) is 17.0 Å². The molecule has 6 heteroatoms. The first kappa shape index (κ1) is 19.4. The van der Waals surface area contributed by atoms with Crippen molar-refractivity contribution >= 4 is 11.7 Å². The van der Waals surface area contributed by atoms with Gasteiger partial charge in [-0.15, -0.1) is 10.2 Å². The lowest BCUT2D eigenvalue weighted by Crippen LogP contribution is -2.35. The van der Waals surface area contributed by atoms with Gasteiger partial charge in [0.1, 0.15) is 6.07 Å². The van der Waals surface area contributed by atoms with Crippen LogP contribution in [-0.2, 0) is 11.2 Å². The van der Waals surface area contributed by atoms with Crippen molar-refractivity contribution in [1.29, 1.82) is 5.26 Å². The molecular weight excluding hydrogens is 362 g/mol. The fourth-order valence-electron chi connectivity index (χ4n) is 4.47. The van der Waals surface area contributed by atoms with Gasteiger partial charge in [-0.25, -0.2) is 0 Å². The molecule has 150 valence electrons. The fourth-order valence-corrected chi connectivity index (χ4v) is 4.47. The van der Waals surface area contributed by atoms with E-state index in [1.165, 1.54) is 5.56 Å². The second kappa shape index (κ2) is 7.82. The number of anilines is 1. The van der Waals surface area contributed by atoms with Gasteiger partial charge in [-0.2, -0.15) is 5.26 Å². The van der Waals surface area contributed by atoms with E-state index in [0.29, 0.717) is 18.0 Å². The lowest BCUT2D eigenvalue weighted by atomic mass is 9.86. The van der Waals surface area contributed by atoms with Crippen LogP contribution in [0.25, 0.3) is 0 Å². The predicted octanol–water partition coefficient (Wildman–Crippen LogP) is 3.14. The van der Waals surface area contributed by atoms with Crippen molar-refractivity contribution < 1.29 is 4.79 Å². The number of carbonyl (C=O) groups excluding carboxylic acids is 1. The molecule has 0 bridgehead atoms. The van der Waals surface area contributed by atoms with Crippen LogP contribution in [0.4, 0.5) is 5.82 Å². The molecule has 2 aliphatic heterocycles. The summed E-state index contributed by atoms with van der Waals surface area (Å²) in [6, 6.07) is 14.0. The van der Waals surface area contributed by atoms with E-state index in [-0.39, 0.29) is 11.3 Å². The van der Waals surface area contributed by atoms with Gasteiger partial charge in [-0.1, -0.05) is 38.1 Å². The smallest absolute Gasteiger partial charge is 0.227 e. The van der Waals surface area contributed by atoms with Gasteiger partial charge in [-0.05, 0) is 42.0 Å². The van der Waals surface area contributed by atoms with E-state index >= 15 is 0 Å². The normalized spacial score (nSPS) is 21.2. The molecule has 2 aromatic rings. The number of likely N-dealkylation sites (tertiary alicyclic amines) is 1. The monoisotopic (exact) mass is 389 g/mol. The Morgan fingerprint density at radius 2 is 1.86 bits per heavy atom. The Kier molecular flexibility index (Phi) is 5.23. The molecular formula is C23H27N5O. The quantitative estimate of drug-likeness (QED) is 0.803. The lowest BCUT2D eigenvalue weighted by molar-refractivity contribution is -0.129. The van der Waals surface area contributed by atoms with Crippen molar-refractivity contribution in [2.45, 2.75) is 39.0 Å². The third-order valence-corrected chi connectivity index (χ3v) is 6.32. The molecule has 1 aromatic carbocycles. The first-order valence-electron chi connectivity index (χ1n) is 10.3. The molecule has 0 radical (unpaired) electrons. The van der Waals surface area contributed by atoms with Crippen molar-refractivity contribution in [3.8, 4) is 6.07 Å². The van der Waals surface area contributed by atoms with Gasteiger partial charge in [-0.3, -0.25) is 4.79 Å². The van der Waals surface area contributed by atoms with Gasteiger partial charge in [0.25, 0.3) is 0 Å². The molecule has 0 saturated carbocycles. The van der Waals surface area contributed by atoms with Crippen LogP contribution >= 0.6 is 0 Å². The molecule has 4 rings (SSSR count). The van der Waals surface area contributed by atoms with Crippen molar-refractivity contribution in [2.24, 2.45) is 5.41 Å². The molecule has 1 amide bonds. The molecule has 0 N–H and O–H groups in total. The van der Waals surface area contributed by atoms with Crippen LogP contribution in [0.15, 0.2) is 36.4 Å². The highest BCUT2D eigenvalue weighted by molar-refractivity contribution is 5.79. The summed E-state index contributed by atoms with van der Waals surface area (Å²) in [5.41, 5.74) is 2.87. The largest absolute Gasteiger partial charge is 0.354 e. The molecule has 29 heavy (non-hydrogen) atoms. The van der Waals surface area contributed by atoms with Crippen molar-refractivity contribution in [3.63, 3.8) is 0 Å². The predicted molar refractivity (Wildman–Crippen MR) is 111 cm³/mol. The maximum Gasteiger partial charge on any atom is 0.227 e. The highest BCUT2D eigenvalue weighted by Crippen LogP contribution is 2.40. The van der Waals surface area contributed by atoms with Gasteiger partial charge < -0.3 is 9.80 Å². The molecule has 0 aliphatic carbocycles. The Hall–Kier alpha value is -2.94. The maximum atomic E-state index is 12.9. The summed E-state index contributed by atoms with van der Waals surface area (Å²) in [4.78, 5) is 17.1. The minimum Gasteiger partial charge on any atom is -0.354 e. The van der Waals surface area contributed by atoms with Crippen LogP contribution in [-0.4, -0.2) is 47.2 Å². The lowest BCUT2D eigenvalue weighted by Gasteiger charge is -2.25. The van der Waals surface area contributed by atoms with Crippen LogP contribution < -0.4 is 4.90 Å². The van der Waals surface area contributed by atoms with E-state index in [1.54, 1.807) is 6.07 Å². The molecule has 2 saturated heterocycles. The molecule has 1 unspecified atom stereocenters. The minimum absolute atomic E-state index is 0.146. The number of nitrogens with zero attached hydrogens (tertiary/aromatic N) is 5. The van der Waals surface area contributed by atoms with E-state index in [4.69, 9.17) is 5.26 Å². The topological polar surface area (TPSA) is 73.1 Å². The number of amides is 1. The van der Waals surface area contributed by atoms with Gasteiger partial charge in [0.15, 0.2) is 11.5 Å². The van der Waals surface area contributed by atoms with Crippen LogP contribution in [0.2, 0.25) is 0 Å². The summed E-state index contributed by atoms with van der Waals surface area (Å²) < 4.78 is 0. The third-order valence-electron chi connectivity index (χ3n) is 6.32. The molecule has 6 nitrogen and oxygen atoms in total. The highest BCUT2D eigenvalue weighted by Gasteiger charge is 2.45. The Labute approximate surface area is 172 Å². The van der Waals surface area contributed by atoms with Gasteiger partial charge in [0.05, 0.1) is 6.42 Å². The summed E-state index contributed by atoms with van der Waals surface area (Å²) in [6.07, 6.45) is 2.56. The fraction of sp³-hybridized carbons (Fsp3) is 0.478. The van der Waals surface area contributed by atoms with E-state index in [2.05, 4.69) is 53.2 Å². The van der Waals surface area contributed by atoms with E-state index in [0.717, 1.165) is 50.4 Å².